The van der Waals surface area contributed by atoms with Gasteiger partial charge in [-0.2, -0.15) is 0 Å². The average Bonchev–Trinajstić information content (AvgIpc) is 2.75. The van der Waals surface area contributed by atoms with Crippen LogP contribution in [0.1, 0.15) is 22.1 Å². The van der Waals surface area contributed by atoms with Crippen LogP contribution in [0, 0.1) is 6.92 Å². The minimum absolute atomic E-state index is 0.610. The predicted octanol–water partition coefficient (Wildman–Crippen LogP) is 3.15. The highest BCUT2D eigenvalue weighted by molar-refractivity contribution is 7.10. The van der Waals surface area contributed by atoms with Crippen LogP contribution in [0.15, 0.2) is 35.7 Å². The molecule has 2 nitrogen and oxygen atoms in total. The van der Waals surface area contributed by atoms with E-state index < -0.39 is 6.10 Å². The number of ether oxygens (including phenoxy) is 1. The fourth-order valence-electron chi connectivity index (χ4n) is 1.68. The summed E-state index contributed by atoms with van der Waals surface area (Å²) >= 11 is 1.64. The number of aryl methyl sites for hydroxylation is 1. The van der Waals surface area contributed by atoms with Crippen molar-refractivity contribution in [2.75, 3.05) is 7.11 Å². The van der Waals surface area contributed by atoms with Gasteiger partial charge in [0, 0.05) is 10.4 Å². The Morgan fingerprint density at radius 2 is 2.06 bits per heavy atom. The summed E-state index contributed by atoms with van der Waals surface area (Å²) in [6.07, 6.45) is -0.610. The molecule has 0 spiro atoms. The molecule has 0 bridgehead atoms. The van der Waals surface area contributed by atoms with Crippen LogP contribution in [0.5, 0.6) is 5.75 Å². The Hall–Kier alpha value is -1.32. The second-order valence-corrected chi connectivity index (χ2v) is 4.75. The van der Waals surface area contributed by atoms with Gasteiger partial charge < -0.3 is 9.84 Å². The summed E-state index contributed by atoms with van der Waals surface area (Å²) in [5.41, 5.74) is 1.73. The summed E-state index contributed by atoms with van der Waals surface area (Å²) in [6.45, 7) is 2.03. The first-order valence-corrected chi connectivity index (χ1v) is 5.96. The maximum Gasteiger partial charge on any atom is 0.125 e. The number of methoxy groups -OCH3 is 1. The van der Waals surface area contributed by atoms with Crippen molar-refractivity contribution in [2.24, 2.45) is 0 Å². The molecule has 1 unspecified atom stereocenters. The highest BCUT2D eigenvalue weighted by Crippen LogP contribution is 2.31. The molecule has 0 amide bonds. The van der Waals surface area contributed by atoms with Gasteiger partial charge in [0.15, 0.2) is 0 Å². The van der Waals surface area contributed by atoms with E-state index in [-0.39, 0.29) is 0 Å². The SMILES string of the molecule is COc1ccccc1C(O)c1csc(C)c1. The van der Waals surface area contributed by atoms with Crippen molar-refractivity contribution < 1.29 is 9.84 Å². The van der Waals surface area contributed by atoms with Gasteiger partial charge in [0.25, 0.3) is 0 Å². The Morgan fingerprint density at radius 1 is 1.31 bits per heavy atom. The van der Waals surface area contributed by atoms with Gasteiger partial charge in [-0.05, 0) is 30.0 Å². The van der Waals surface area contributed by atoms with E-state index in [4.69, 9.17) is 4.74 Å². The number of aliphatic hydroxyl groups excluding tert-OH is 1. The molecule has 1 heterocycles. The van der Waals surface area contributed by atoms with Crippen molar-refractivity contribution in [1.82, 2.24) is 0 Å². The fourth-order valence-corrected chi connectivity index (χ4v) is 2.40. The number of benzene rings is 1. The minimum Gasteiger partial charge on any atom is -0.496 e. The van der Waals surface area contributed by atoms with Gasteiger partial charge in [-0.3, -0.25) is 0 Å². The fraction of sp³-hybridized carbons (Fsp3) is 0.231. The van der Waals surface area contributed by atoms with Crippen LogP contribution in [0.4, 0.5) is 0 Å². The molecule has 1 N–H and O–H groups in total. The average molecular weight is 234 g/mol. The largest absolute Gasteiger partial charge is 0.496 e. The molecule has 3 heteroatoms. The molecule has 0 aliphatic carbocycles. The van der Waals surface area contributed by atoms with Gasteiger partial charge in [-0.1, -0.05) is 18.2 Å². The molecule has 2 rings (SSSR count). The molecule has 0 fully saturated rings. The molecule has 0 saturated carbocycles. The highest BCUT2D eigenvalue weighted by atomic mass is 32.1. The second-order valence-electron chi connectivity index (χ2n) is 3.64. The van der Waals surface area contributed by atoms with Crippen LogP contribution in [0.25, 0.3) is 0 Å². The summed E-state index contributed by atoms with van der Waals surface area (Å²) < 4.78 is 5.24. The van der Waals surface area contributed by atoms with Gasteiger partial charge in [-0.15, -0.1) is 11.3 Å². The van der Waals surface area contributed by atoms with E-state index in [9.17, 15) is 5.11 Å². The van der Waals surface area contributed by atoms with E-state index in [1.165, 1.54) is 4.88 Å². The zero-order chi connectivity index (χ0) is 11.5. The molecule has 16 heavy (non-hydrogen) atoms. The molecular formula is C13H14O2S. The number of aliphatic hydroxyl groups is 1. The van der Waals surface area contributed by atoms with Crippen molar-refractivity contribution in [1.29, 1.82) is 0 Å². The van der Waals surface area contributed by atoms with Crippen molar-refractivity contribution in [3.63, 3.8) is 0 Å². The van der Waals surface area contributed by atoms with Crippen LogP contribution in [-0.2, 0) is 0 Å². The zero-order valence-electron chi connectivity index (χ0n) is 9.31. The quantitative estimate of drug-likeness (QED) is 0.884. The third-order valence-electron chi connectivity index (χ3n) is 2.50. The maximum absolute atomic E-state index is 10.2. The van der Waals surface area contributed by atoms with E-state index in [0.29, 0.717) is 0 Å². The number of hydrogen-bond donors (Lipinski definition) is 1. The Bertz CT molecular complexity index is 476. The Balaban J connectivity index is 2.36. The summed E-state index contributed by atoms with van der Waals surface area (Å²) in [4.78, 5) is 1.20. The smallest absolute Gasteiger partial charge is 0.125 e. The molecule has 0 aliphatic heterocycles. The zero-order valence-corrected chi connectivity index (χ0v) is 10.1. The lowest BCUT2D eigenvalue weighted by molar-refractivity contribution is 0.215. The first-order valence-electron chi connectivity index (χ1n) is 5.08. The van der Waals surface area contributed by atoms with Crippen molar-refractivity contribution in [2.45, 2.75) is 13.0 Å². The monoisotopic (exact) mass is 234 g/mol. The van der Waals surface area contributed by atoms with Gasteiger partial charge in [0.1, 0.15) is 11.9 Å². The number of thiophene rings is 1. The highest BCUT2D eigenvalue weighted by Gasteiger charge is 2.15. The van der Waals surface area contributed by atoms with Crippen molar-refractivity contribution in [3.8, 4) is 5.75 Å². The van der Waals surface area contributed by atoms with Crippen molar-refractivity contribution in [3.05, 3.63) is 51.7 Å². The number of para-hydroxylation sites is 1. The van der Waals surface area contributed by atoms with E-state index in [0.717, 1.165) is 16.9 Å². The molecule has 0 saturated heterocycles. The van der Waals surface area contributed by atoms with Gasteiger partial charge in [0.05, 0.1) is 7.11 Å². The lowest BCUT2D eigenvalue weighted by atomic mass is 10.0. The van der Waals surface area contributed by atoms with Crippen LogP contribution in [0.2, 0.25) is 0 Å². The standard InChI is InChI=1S/C13H14O2S/c1-9-7-10(8-16-9)13(14)11-5-3-4-6-12(11)15-2/h3-8,13-14H,1-2H3. The van der Waals surface area contributed by atoms with E-state index in [1.54, 1.807) is 18.4 Å². The molecule has 0 aliphatic rings. The maximum atomic E-state index is 10.2. The molecular weight excluding hydrogens is 220 g/mol. The lowest BCUT2D eigenvalue weighted by Crippen LogP contribution is -2.00. The number of rotatable bonds is 3. The molecule has 1 aromatic carbocycles. The van der Waals surface area contributed by atoms with Crippen molar-refractivity contribution >= 4 is 11.3 Å². The summed E-state index contributed by atoms with van der Waals surface area (Å²) in [6, 6.07) is 9.55. The Labute approximate surface area is 99.1 Å². The summed E-state index contributed by atoms with van der Waals surface area (Å²) in [5.74, 6) is 0.721. The first kappa shape index (κ1) is 11.2. The first-order chi connectivity index (χ1) is 7.72. The predicted molar refractivity (Wildman–Crippen MR) is 66.1 cm³/mol. The third kappa shape index (κ3) is 2.10. The van der Waals surface area contributed by atoms with Crippen LogP contribution >= 0.6 is 11.3 Å². The molecule has 84 valence electrons. The van der Waals surface area contributed by atoms with E-state index in [1.807, 2.05) is 42.6 Å². The van der Waals surface area contributed by atoms with Gasteiger partial charge in [-0.25, -0.2) is 0 Å². The Morgan fingerprint density at radius 3 is 2.69 bits per heavy atom. The topological polar surface area (TPSA) is 29.5 Å². The lowest BCUT2D eigenvalue weighted by Gasteiger charge is -2.13. The van der Waals surface area contributed by atoms with Gasteiger partial charge >= 0.3 is 0 Å². The number of hydrogen-bond acceptors (Lipinski definition) is 3. The second kappa shape index (κ2) is 4.68. The van der Waals surface area contributed by atoms with Gasteiger partial charge in [0.2, 0.25) is 0 Å². The third-order valence-corrected chi connectivity index (χ3v) is 3.38. The molecule has 0 radical (unpaired) electrons. The Kier molecular flexibility index (Phi) is 3.27. The van der Waals surface area contributed by atoms with Crippen LogP contribution in [0.3, 0.4) is 0 Å². The van der Waals surface area contributed by atoms with E-state index in [2.05, 4.69) is 0 Å². The molecule has 1 aromatic heterocycles. The van der Waals surface area contributed by atoms with Crippen LogP contribution < -0.4 is 4.74 Å². The normalized spacial score (nSPS) is 12.4. The summed E-state index contributed by atoms with van der Waals surface area (Å²) in [5, 5.41) is 12.2. The summed E-state index contributed by atoms with van der Waals surface area (Å²) in [7, 11) is 1.62. The molecule has 2 aromatic rings. The van der Waals surface area contributed by atoms with Crippen LogP contribution in [-0.4, -0.2) is 12.2 Å². The minimum atomic E-state index is -0.610. The van der Waals surface area contributed by atoms with E-state index >= 15 is 0 Å². The molecule has 1 atom stereocenters.